The summed E-state index contributed by atoms with van der Waals surface area (Å²) in [5.41, 5.74) is 3.49. The zero-order valence-electron chi connectivity index (χ0n) is 21.8. The Balaban J connectivity index is 1.22. The van der Waals surface area contributed by atoms with Gasteiger partial charge in [0.1, 0.15) is 18.1 Å². The highest BCUT2D eigenvalue weighted by Crippen LogP contribution is 2.32. The third-order valence-corrected chi connectivity index (χ3v) is 6.36. The Hall–Kier alpha value is -4.92. The molecule has 39 heavy (non-hydrogen) atoms. The summed E-state index contributed by atoms with van der Waals surface area (Å²) in [5.74, 6) is 2.07. The van der Waals surface area contributed by atoms with Crippen LogP contribution in [0.2, 0.25) is 0 Å². The lowest BCUT2D eigenvalue weighted by atomic mass is 9.88. The molecule has 9 nitrogen and oxygen atoms in total. The average Bonchev–Trinajstić information content (AvgIpc) is 3.41. The van der Waals surface area contributed by atoms with Gasteiger partial charge in [0.2, 0.25) is 11.8 Å². The van der Waals surface area contributed by atoms with E-state index in [4.69, 9.17) is 14.2 Å². The standard InChI is InChI=1S/C30H29N5O4/c1-37-23-13-14-24(26(19-23)38-2)30-33-32-27-15-16-29(34-35(27)30)39-18-17-31-28(36)20-25(21-9-5-3-6-10-21)22-11-7-4-8-12-22/h3-16,19,25H,17-18,20H2,1-2H3,(H,31,36). The van der Waals surface area contributed by atoms with Crippen LogP contribution >= 0.6 is 0 Å². The van der Waals surface area contributed by atoms with Crippen LogP contribution in [0.25, 0.3) is 17.0 Å². The molecular formula is C30H29N5O4. The number of aromatic nitrogens is 4. The maximum atomic E-state index is 12.8. The first-order chi connectivity index (χ1) is 19.2. The van der Waals surface area contributed by atoms with E-state index in [-0.39, 0.29) is 18.4 Å². The summed E-state index contributed by atoms with van der Waals surface area (Å²) in [4.78, 5) is 12.8. The van der Waals surface area contributed by atoms with Gasteiger partial charge in [-0.15, -0.1) is 15.3 Å². The number of fused-ring (bicyclic) bond motifs is 1. The topological polar surface area (TPSA) is 99.9 Å². The normalized spacial score (nSPS) is 10.9. The predicted molar refractivity (Wildman–Crippen MR) is 147 cm³/mol. The van der Waals surface area contributed by atoms with Crippen molar-refractivity contribution in [2.24, 2.45) is 0 Å². The lowest BCUT2D eigenvalue weighted by Gasteiger charge is -2.18. The van der Waals surface area contributed by atoms with Crippen molar-refractivity contribution in [2.45, 2.75) is 12.3 Å². The smallest absolute Gasteiger partial charge is 0.231 e. The zero-order valence-corrected chi connectivity index (χ0v) is 21.8. The quantitative estimate of drug-likeness (QED) is 0.254. The van der Waals surface area contributed by atoms with Gasteiger partial charge in [0.15, 0.2) is 11.5 Å². The Morgan fingerprint density at radius 1 is 0.872 bits per heavy atom. The minimum atomic E-state index is -0.0487. The van der Waals surface area contributed by atoms with Gasteiger partial charge < -0.3 is 19.5 Å². The molecule has 0 atom stereocenters. The molecule has 0 radical (unpaired) electrons. The molecule has 0 saturated heterocycles. The first-order valence-electron chi connectivity index (χ1n) is 12.6. The fraction of sp³-hybridized carbons (Fsp3) is 0.200. The molecule has 5 rings (SSSR count). The monoisotopic (exact) mass is 523 g/mol. The molecule has 198 valence electrons. The number of hydrogen-bond acceptors (Lipinski definition) is 7. The van der Waals surface area contributed by atoms with E-state index in [2.05, 4.69) is 44.9 Å². The Morgan fingerprint density at radius 3 is 2.26 bits per heavy atom. The van der Waals surface area contributed by atoms with Gasteiger partial charge in [0.25, 0.3) is 0 Å². The molecule has 1 amide bonds. The van der Waals surface area contributed by atoms with E-state index in [1.165, 1.54) is 0 Å². The molecule has 0 aliphatic carbocycles. The number of nitrogens with one attached hydrogen (secondary N) is 1. The second-order valence-electron chi connectivity index (χ2n) is 8.81. The van der Waals surface area contributed by atoms with E-state index >= 15 is 0 Å². The number of amides is 1. The van der Waals surface area contributed by atoms with Crippen LogP contribution in [0.15, 0.2) is 91.0 Å². The van der Waals surface area contributed by atoms with Crippen LogP contribution in [0.5, 0.6) is 17.4 Å². The molecule has 0 saturated carbocycles. The Labute approximate surface area is 226 Å². The van der Waals surface area contributed by atoms with Gasteiger partial charge >= 0.3 is 0 Å². The fourth-order valence-electron chi connectivity index (χ4n) is 4.40. The molecule has 1 N–H and O–H groups in total. The van der Waals surface area contributed by atoms with Crippen LogP contribution in [0, 0.1) is 0 Å². The fourth-order valence-corrected chi connectivity index (χ4v) is 4.40. The first-order valence-corrected chi connectivity index (χ1v) is 12.6. The lowest BCUT2D eigenvalue weighted by Crippen LogP contribution is -2.29. The molecule has 3 aromatic carbocycles. The zero-order chi connectivity index (χ0) is 27.0. The van der Waals surface area contributed by atoms with E-state index in [0.29, 0.717) is 47.4 Å². The SMILES string of the molecule is COc1ccc(-c2nnc3ccc(OCCNC(=O)CC(c4ccccc4)c4ccccc4)nn23)c(OC)c1. The highest BCUT2D eigenvalue weighted by molar-refractivity contribution is 5.77. The second kappa shape index (κ2) is 12.1. The third-order valence-electron chi connectivity index (χ3n) is 6.36. The van der Waals surface area contributed by atoms with Crippen molar-refractivity contribution in [3.63, 3.8) is 0 Å². The second-order valence-corrected chi connectivity index (χ2v) is 8.81. The number of ether oxygens (including phenoxy) is 3. The molecular weight excluding hydrogens is 494 g/mol. The average molecular weight is 524 g/mol. The first kappa shape index (κ1) is 25.7. The number of rotatable bonds is 11. The number of hydrogen-bond donors (Lipinski definition) is 1. The molecule has 5 aromatic rings. The van der Waals surface area contributed by atoms with Gasteiger partial charge in [-0.05, 0) is 29.3 Å². The molecule has 0 fully saturated rings. The molecule has 0 bridgehead atoms. The number of carbonyl (C=O) groups excluding carboxylic acids is 1. The number of benzene rings is 3. The summed E-state index contributed by atoms with van der Waals surface area (Å²) in [6, 6.07) is 29.1. The van der Waals surface area contributed by atoms with Crippen LogP contribution in [0.1, 0.15) is 23.5 Å². The summed E-state index contributed by atoms with van der Waals surface area (Å²) >= 11 is 0. The summed E-state index contributed by atoms with van der Waals surface area (Å²) in [5, 5.41) is 16.0. The van der Waals surface area contributed by atoms with Gasteiger partial charge in [0.05, 0.1) is 26.3 Å². The van der Waals surface area contributed by atoms with Crippen molar-refractivity contribution in [1.82, 2.24) is 25.1 Å². The molecule has 2 heterocycles. The van der Waals surface area contributed by atoms with Crippen LogP contribution in [-0.4, -0.2) is 53.1 Å². The largest absolute Gasteiger partial charge is 0.497 e. The summed E-state index contributed by atoms with van der Waals surface area (Å²) < 4.78 is 18.2. The number of carbonyl (C=O) groups is 1. The van der Waals surface area contributed by atoms with Gasteiger partial charge in [-0.1, -0.05) is 60.7 Å². The van der Waals surface area contributed by atoms with Gasteiger partial charge in [-0.2, -0.15) is 4.52 Å². The molecule has 2 aromatic heterocycles. The molecule has 0 spiro atoms. The van der Waals surface area contributed by atoms with E-state index in [1.807, 2.05) is 48.5 Å². The highest BCUT2D eigenvalue weighted by atomic mass is 16.5. The molecule has 0 unspecified atom stereocenters. The van der Waals surface area contributed by atoms with Crippen molar-refractivity contribution in [1.29, 1.82) is 0 Å². The minimum absolute atomic E-state index is 0.0282. The van der Waals surface area contributed by atoms with Crippen molar-refractivity contribution >= 4 is 11.6 Å². The van der Waals surface area contributed by atoms with Gasteiger partial charge in [-0.3, -0.25) is 4.79 Å². The van der Waals surface area contributed by atoms with Crippen molar-refractivity contribution < 1.29 is 19.0 Å². The van der Waals surface area contributed by atoms with Crippen LogP contribution < -0.4 is 19.5 Å². The summed E-state index contributed by atoms with van der Waals surface area (Å²) in [6.45, 7) is 0.602. The van der Waals surface area contributed by atoms with Crippen LogP contribution in [-0.2, 0) is 4.79 Å². The third kappa shape index (κ3) is 5.98. The van der Waals surface area contributed by atoms with Crippen LogP contribution in [0.4, 0.5) is 0 Å². The highest BCUT2D eigenvalue weighted by Gasteiger charge is 2.18. The van der Waals surface area contributed by atoms with Crippen LogP contribution in [0.3, 0.4) is 0 Å². The minimum Gasteiger partial charge on any atom is -0.497 e. The van der Waals surface area contributed by atoms with E-state index in [9.17, 15) is 4.79 Å². The molecule has 0 aliphatic rings. The van der Waals surface area contributed by atoms with Gasteiger partial charge in [-0.25, -0.2) is 0 Å². The maximum Gasteiger partial charge on any atom is 0.231 e. The Morgan fingerprint density at radius 2 is 1.59 bits per heavy atom. The Bertz CT molecular complexity index is 1500. The Kier molecular flexibility index (Phi) is 7.97. The predicted octanol–water partition coefficient (Wildman–Crippen LogP) is 4.53. The number of methoxy groups -OCH3 is 2. The van der Waals surface area contributed by atoms with E-state index in [0.717, 1.165) is 11.1 Å². The van der Waals surface area contributed by atoms with Crippen molar-refractivity contribution in [3.05, 3.63) is 102 Å². The van der Waals surface area contributed by atoms with Gasteiger partial charge in [0, 0.05) is 24.5 Å². The molecule has 9 heteroatoms. The maximum absolute atomic E-state index is 12.8. The summed E-state index contributed by atoms with van der Waals surface area (Å²) in [7, 11) is 3.18. The number of nitrogens with zero attached hydrogens (tertiary/aromatic N) is 4. The summed E-state index contributed by atoms with van der Waals surface area (Å²) in [6.07, 6.45) is 0.339. The van der Waals surface area contributed by atoms with E-state index in [1.54, 1.807) is 36.9 Å². The van der Waals surface area contributed by atoms with Crippen molar-refractivity contribution in [3.8, 4) is 28.8 Å². The van der Waals surface area contributed by atoms with E-state index < -0.39 is 0 Å². The van der Waals surface area contributed by atoms with Crippen molar-refractivity contribution in [2.75, 3.05) is 27.4 Å². The molecule has 0 aliphatic heterocycles. The lowest BCUT2D eigenvalue weighted by molar-refractivity contribution is -0.121.